The largest absolute Gasteiger partial charge is 0.384 e. The summed E-state index contributed by atoms with van der Waals surface area (Å²) < 4.78 is 0.882. The van der Waals surface area contributed by atoms with Crippen molar-refractivity contribution in [3.63, 3.8) is 0 Å². The molecule has 2 aromatic carbocycles. The standard InChI is InChI=1S/C30H41BrN8O3/c31-22-14-12-19(13-15-22)23(17-18-8-10-21(11-9-18)26(32)33)28(41)39-25(20-5-2-1-3-6-20)29(42)38-24(27(34)40)7-4-16-37-30(35)36/h8-15,20,23-25H,1-7,16-17H2,(H3,32,33)(H2,34,40)(H,38,42)(H,39,41)(H4,35,36,37)/t23?,24?,25-/m0/s1. The van der Waals surface area contributed by atoms with E-state index in [0.717, 1.165) is 47.7 Å². The number of nitrogens with zero attached hydrogens (tertiary/aromatic N) is 1. The Morgan fingerprint density at radius 3 is 2.12 bits per heavy atom. The first kappa shape index (κ1) is 32.6. The van der Waals surface area contributed by atoms with Crippen molar-refractivity contribution in [3.05, 3.63) is 69.7 Å². The number of halogens is 1. The number of amidine groups is 1. The summed E-state index contributed by atoms with van der Waals surface area (Å²) in [5.41, 5.74) is 24.2. The Balaban J connectivity index is 1.84. The molecule has 1 fully saturated rings. The van der Waals surface area contributed by atoms with Gasteiger partial charge in [0.1, 0.15) is 17.9 Å². The molecule has 0 spiro atoms. The number of aliphatic imine (C=N–C) groups is 1. The number of nitrogen functional groups attached to an aromatic ring is 1. The third kappa shape index (κ3) is 9.86. The van der Waals surface area contributed by atoms with Crippen LogP contribution in [0.4, 0.5) is 0 Å². The Morgan fingerprint density at radius 1 is 0.905 bits per heavy atom. The molecule has 1 aliphatic rings. The van der Waals surface area contributed by atoms with E-state index in [0.29, 0.717) is 24.9 Å². The van der Waals surface area contributed by atoms with Crippen LogP contribution in [0.3, 0.4) is 0 Å². The number of hydrogen-bond acceptors (Lipinski definition) is 5. The second-order valence-electron chi connectivity index (χ2n) is 10.7. The molecule has 3 atom stereocenters. The molecule has 11 N–H and O–H groups in total. The quantitative estimate of drug-likeness (QED) is 0.0931. The van der Waals surface area contributed by atoms with Crippen molar-refractivity contribution in [1.82, 2.24) is 10.6 Å². The summed E-state index contributed by atoms with van der Waals surface area (Å²) in [6.07, 6.45) is 5.66. The zero-order valence-electron chi connectivity index (χ0n) is 23.7. The first-order chi connectivity index (χ1) is 20.0. The summed E-state index contributed by atoms with van der Waals surface area (Å²) in [4.78, 5) is 43.7. The van der Waals surface area contributed by atoms with Gasteiger partial charge >= 0.3 is 0 Å². The van der Waals surface area contributed by atoms with Crippen molar-refractivity contribution in [1.29, 1.82) is 5.41 Å². The Hall–Kier alpha value is -3.93. The number of nitrogens with one attached hydrogen (secondary N) is 3. The number of guanidine groups is 1. The van der Waals surface area contributed by atoms with Crippen molar-refractivity contribution >= 4 is 45.4 Å². The fourth-order valence-electron chi connectivity index (χ4n) is 5.28. The summed E-state index contributed by atoms with van der Waals surface area (Å²) in [6.45, 7) is 0.299. The van der Waals surface area contributed by atoms with Crippen LogP contribution >= 0.6 is 15.9 Å². The molecule has 1 saturated carbocycles. The molecule has 0 aromatic heterocycles. The van der Waals surface area contributed by atoms with E-state index >= 15 is 0 Å². The van der Waals surface area contributed by atoms with Crippen LogP contribution < -0.4 is 33.6 Å². The fraction of sp³-hybridized carbons (Fsp3) is 0.433. The lowest BCUT2D eigenvalue weighted by molar-refractivity contribution is -0.133. The molecule has 0 bridgehead atoms. The second-order valence-corrected chi connectivity index (χ2v) is 11.6. The van der Waals surface area contributed by atoms with Crippen molar-refractivity contribution in [2.75, 3.05) is 6.54 Å². The highest BCUT2D eigenvalue weighted by atomic mass is 79.9. The van der Waals surface area contributed by atoms with E-state index in [1.54, 1.807) is 12.1 Å². The van der Waals surface area contributed by atoms with E-state index in [9.17, 15) is 14.4 Å². The first-order valence-corrected chi connectivity index (χ1v) is 15.0. The second kappa shape index (κ2) is 15.9. The predicted molar refractivity (Wildman–Crippen MR) is 168 cm³/mol. The van der Waals surface area contributed by atoms with Crippen LogP contribution in [0.1, 0.15) is 67.6 Å². The third-order valence-electron chi connectivity index (χ3n) is 7.60. The first-order valence-electron chi connectivity index (χ1n) is 14.2. The van der Waals surface area contributed by atoms with Gasteiger partial charge in [-0.05, 0) is 61.3 Å². The Morgan fingerprint density at radius 2 is 1.55 bits per heavy atom. The monoisotopic (exact) mass is 640 g/mol. The van der Waals surface area contributed by atoms with Crippen molar-refractivity contribution in [2.24, 2.45) is 33.8 Å². The highest BCUT2D eigenvalue weighted by Gasteiger charge is 2.35. The highest BCUT2D eigenvalue weighted by Crippen LogP contribution is 2.29. The SMILES string of the molecule is N=C(N)c1ccc(CC(C(=O)N[C@H](C(=O)NC(CCCN=C(N)N)C(N)=O)C2CCCCC2)c2ccc(Br)cc2)cc1. The number of nitrogens with two attached hydrogens (primary N) is 4. The average molecular weight is 642 g/mol. The molecule has 1 aliphatic carbocycles. The van der Waals surface area contributed by atoms with Gasteiger partial charge in [-0.1, -0.05) is 71.6 Å². The number of amides is 3. The van der Waals surface area contributed by atoms with Gasteiger partial charge in [0.25, 0.3) is 0 Å². The van der Waals surface area contributed by atoms with Crippen LogP contribution in [-0.4, -0.2) is 48.1 Å². The molecule has 226 valence electrons. The van der Waals surface area contributed by atoms with E-state index in [1.807, 2.05) is 36.4 Å². The van der Waals surface area contributed by atoms with Gasteiger partial charge in [-0.3, -0.25) is 24.8 Å². The Labute approximate surface area is 254 Å². The Kier molecular flexibility index (Phi) is 12.3. The van der Waals surface area contributed by atoms with Crippen molar-refractivity contribution in [3.8, 4) is 0 Å². The molecule has 12 heteroatoms. The summed E-state index contributed by atoms with van der Waals surface area (Å²) in [6, 6.07) is 13.0. The van der Waals surface area contributed by atoms with E-state index in [-0.39, 0.29) is 30.0 Å². The number of primary amides is 1. The minimum Gasteiger partial charge on any atom is -0.384 e. The number of hydrogen-bond donors (Lipinski definition) is 7. The highest BCUT2D eigenvalue weighted by molar-refractivity contribution is 9.10. The van der Waals surface area contributed by atoms with Gasteiger partial charge in [0, 0.05) is 16.6 Å². The number of rotatable bonds is 14. The molecule has 0 radical (unpaired) electrons. The van der Waals surface area contributed by atoms with Crippen molar-refractivity contribution in [2.45, 2.75) is 69.4 Å². The topological polar surface area (TPSA) is 216 Å². The molecule has 0 heterocycles. The lowest BCUT2D eigenvalue weighted by atomic mass is 9.82. The molecule has 2 unspecified atom stereocenters. The Bertz CT molecular complexity index is 1260. The molecule has 0 saturated heterocycles. The number of benzene rings is 2. The minimum absolute atomic E-state index is 0.0319. The van der Waals surface area contributed by atoms with E-state index < -0.39 is 29.8 Å². The molecular weight excluding hydrogens is 600 g/mol. The van der Waals surface area contributed by atoms with Crippen LogP contribution in [0, 0.1) is 11.3 Å². The molecule has 11 nitrogen and oxygen atoms in total. The van der Waals surface area contributed by atoms with E-state index in [2.05, 4.69) is 31.6 Å². The fourth-order valence-corrected chi connectivity index (χ4v) is 5.55. The van der Waals surface area contributed by atoms with Crippen LogP contribution in [0.2, 0.25) is 0 Å². The molecular formula is C30H41BrN8O3. The molecule has 2 aromatic rings. The van der Waals surface area contributed by atoms with Crippen LogP contribution in [0.5, 0.6) is 0 Å². The van der Waals surface area contributed by atoms with Gasteiger partial charge in [0.05, 0.1) is 5.92 Å². The van der Waals surface area contributed by atoms with E-state index in [1.165, 1.54) is 0 Å². The lowest BCUT2D eigenvalue weighted by Gasteiger charge is -2.32. The summed E-state index contributed by atoms with van der Waals surface area (Å²) in [5.74, 6) is -2.13. The molecule has 3 rings (SSSR count). The van der Waals surface area contributed by atoms with Crippen molar-refractivity contribution < 1.29 is 14.4 Å². The molecule has 0 aliphatic heterocycles. The zero-order valence-corrected chi connectivity index (χ0v) is 25.2. The summed E-state index contributed by atoms with van der Waals surface area (Å²) in [7, 11) is 0. The maximum absolute atomic E-state index is 14.0. The summed E-state index contributed by atoms with van der Waals surface area (Å²) >= 11 is 3.45. The summed E-state index contributed by atoms with van der Waals surface area (Å²) in [5, 5.41) is 13.5. The van der Waals surface area contributed by atoms with Gasteiger partial charge in [-0.15, -0.1) is 0 Å². The lowest BCUT2D eigenvalue weighted by Crippen LogP contribution is -2.56. The third-order valence-corrected chi connectivity index (χ3v) is 8.13. The van der Waals surface area contributed by atoms with Gasteiger partial charge in [-0.2, -0.15) is 0 Å². The number of carbonyl (C=O) groups is 3. The van der Waals surface area contributed by atoms with Gasteiger partial charge in [-0.25, -0.2) is 0 Å². The normalized spacial score (nSPS) is 15.5. The van der Waals surface area contributed by atoms with Crippen LogP contribution in [-0.2, 0) is 20.8 Å². The minimum atomic E-state index is -0.920. The van der Waals surface area contributed by atoms with Crippen LogP contribution in [0.25, 0.3) is 0 Å². The zero-order chi connectivity index (χ0) is 30.6. The maximum Gasteiger partial charge on any atom is 0.243 e. The smallest absolute Gasteiger partial charge is 0.243 e. The van der Waals surface area contributed by atoms with Gasteiger partial charge < -0.3 is 33.6 Å². The average Bonchev–Trinajstić information content (AvgIpc) is 2.97. The molecule has 3 amide bonds. The predicted octanol–water partition coefficient (Wildman–Crippen LogP) is 2.15. The van der Waals surface area contributed by atoms with Crippen LogP contribution in [0.15, 0.2) is 58.0 Å². The van der Waals surface area contributed by atoms with Gasteiger partial charge in [0.2, 0.25) is 17.7 Å². The number of carbonyl (C=O) groups excluding carboxylic acids is 3. The molecule has 42 heavy (non-hydrogen) atoms. The van der Waals surface area contributed by atoms with Gasteiger partial charge in [0.15, 0.2) is 5.96 Å². The van der Waals surface area contributed by atoms with E-state index in [4.69, 9.17) is 28.3 Å². The maximum atomic E-state index is 14.0.